The number of benzene rings is 1. The van der Waals surface area contributed by atoms with Crippen LogP contribution >= 0.6 is 15.9 Å². The Kier molecular flexibility index (Phi) is 3.29. The predicted octanol–water partition coefficient (Wildman–Crippen LogP) is 1.47. The van der Waals surface area contributed by atoms with E-state index >= 15 is 0 Å². The number of nitrogens with one attached hydrogen (secondary N) is 1. The van der Waals surface area contributed by atoms with Crippen molar-refractivity contribution in [2.45, 2.75) is 0 Å². The monoisotopic (exact) mass is 238 g/mol. The highest BCUT2D eigenvalue weighted by Crippen LogP contribution is 2.17. The molecule has 0 aromatic heterocycles. The molecule has 0 heterocycles. The van der Waals surface area contributed by atoms with Crippen LogP contribution in [0.25, 0.3) is 0 Å². The largest absolute Gasteiger partial charge is 0.369 e. The van der Waals surface area contributed by atoms with Gasteiger partial charge in [-0.15, -0.1) is 0 Å². The third kappa shape index (κ3) is 3.13. The van der Waals surface area contributed by atoms with E-state index < -0.39 is 0 Å². The number of halogens is 1. The molecule has 1 rings (SSSR count). The van der Waals surface area contributed by atoms with Gasteiger partial charge in [0.05, 0.1) is 5.69 Å². The van der Waals surface area contributed by atoms with Gasteiger partial charge in [0.15, 0.2) is 6.19 Å². The van der Waals surface area contributed by atoms with Crippen molar-refractivity contribution >= 4 is 27.6 Å². The zero-order valence-corrected chi connectivity index (χ0v) is 8.25. The van der Waals surface area contributed by atoms with Crippen molar-refractivity contribution in [2.24, 2.45) is 10.7 Å². The van der Waals surface area contributed by atoms with Gasteiger partial charge < -0.3 is 5.73 Å². The zero-order chi connectivity index (χ0) is 9.68. The fourth-order valence-corrected chi connectivity index (χ4v) is 1.16. The van der Waals surface area contributed by atoms with Crippen molar-refractivity contribution in [2.75, 3.05) is 0 Å². The van der Waals surface area contributed by atoms with Crippen LogP contribution in [0.2, 0.25) is 0 Å². The maximum Gasteiger partial charge on any atom is 0.207 e. The number of hydrogen-bond acceptors (Lipinski definition) is 2. The van der Waals surface area contributed by atoms with Crippen molar-refractivity contribution in [1.29, 1.82) is 5.26 Å². The lowest BCUT2D eigenvalue weighted by Crippen LogP contribution is -2.26. The second-order valence-electron chi connectivity index (χ2n) is 2.21. The fraction of sp³-hybridized carbons (Fsp3) is 0. The Morgan fingerprint density at radius 2 is 2.38 bits per heavy atom. The molecule has 4 nitrogen and oxygen atoms in total. The molecular formula is C8H7BrN4. The maximum absolute atomic E-state index is 8.24. The van der Waals surface area contributed by atoms with E-state index in [1.807, 2.05) is 12.1 Å². The number of nitrogens with zero attached hydrogens (tertiary/aromatic N) is 2. The molecule has 1 aromatic carbocycles. The minimum atomic E-state index is 0.0839. The molecule has 3 N–H and O–H groups in total. The van der Waals surface area contributed by atoms with Crippen LogP contribution in [-0.4, -0.2) is 5.96 Å². The van der Waals surface area contributed by atoms with Crippen molar-refractivity contribution in [3.05, 3.63) is 28.7 Å². The summed E-state index contributed by atoms with van der Waals surface area (Å²) >= 11 is 3.30. The summed E-state index contributed by atoms with van der Waals surface area (Å²) in [5.41, 5.74) is 6.06. The molecule has 0 aliphatic rings. The summed E-state index contributed by atoms with van der Waals surface area (Å²) in [4.78, 5) is 3.94. The molecule has 0 aliphatic carbocycles. The first kappa shape index (κ1) is 9.55. The number of aliphatic imine (C=N–C) groups is 1. The fourth-order valence-electron chi connectivity index (χ4n) is 0.770. The first-order chi connectivity index (χ1) is 6.22. The molecule has 5 heteroatoms. The van der Waals surface area contributed by atoms with E-state index in [9.17, 15) is 0 Å². The van der Waals surface area contributed by atoms with E-state index in [4.69, 9.17) is 11.0 Å². The number of rotatable bonds is 1. The smallest absolute Gasteiger partial charge is 0.207 e. The Hall–Kier alpha value is -1.54. The summed E-state index contributed by atoms with van der Waals surface area (Å²) < 4.78 is 0.915. The molecule has 0 amide bonds. The second kappa shape index (κ2) is 4.48. The molecule has 66 valence electrons. The van der Waals surface area contributed by atoms with Gasteiger partial charge in [0.1, 0.15) is 0 Å². The molecule has 0 unspecified atom stereocenters. The van der Waals surface area contributed by atoms with Crippen LogP contribution in [0, 0.1) is 11.5 Å². The number of hydrogen-bond donors (Lipinski definition) is 2. The van der Waals surface area contributed by atoms with Crippen LogP contribution in [0.1, 0.15) is 0 Å². The highest BCUT2D eigenvalue weighted by molar-refractivity contribution is 9.10. The summed E-state index contributed by atoms with van der Waals surface area (Å²) in [6.07, 6.45) is 1.68. The average Bonchev–Trinajstić information content (AvgIpc) is 2.04. The van der Waals surface area contributed by atoms with Crippen molar-refractivity contribution < 1.29 is 0 Å². The first-order valence-corrected chi connectivity index (χ1v) is 4.26. The molecule has 0 aliphatic heterocycles. The molecule has 0 radical (unpaired) electrons. The van der Waals surface area contributed by atoms with E-state index in [0.717, 1.165) is 4.47 Å². The Morgan fingerprint density at radius 3 is 3.00 bits per heavy atom. The molecule has 1 aromatic rings. The molecule has 0 bridgehead atoms. The SMILES string of the molecule is N#CNC(N)=Nc1cccc(Br)c1. The van der Waals surface area contributed by atoms with E-state index in [1.54, 1.807) is 18.3 Å². The normalized spacial score (nSPS) is 10.6. The van der Waals surface area contributed by atoms with Gasteiger partial charge in [-0.25, -0.2) is 4.99 Å². The minimum absolute atomic E-state index is 0.0839. The maximum atomic E-state index is 8.24. The van der Waals surface area contributed by atoms with E-state index in [2.05, 4.69) is 26.2 Å². The predicted molar refractivity (Wildman–Crippen MR) is 54.2 cm³/mol. The van der Waals surface area contributed by atoms with E-state index in [0.29, 0.717) is 5.69 Å². The highest BCUT2D eigenvalue weighted by Gasteiger charge is 1.92. The molecule has 0 saturated carbocycles. The van der Waals surface area contributed by atoms with Crippen LogP contribution in [0.5, 0.6) is 0 Å². The molecule has 13 heavy (non-hydrogen) atoms. The average molecular weight is 239 g/mol. The lowest BCUT2D eigenvalue weighted by atomic mass is 10.3. The zero-order valence-electron chi connectivity index (χ0n) is 6.66. The van der Waals surface area contributed by atoms with Gasteiger partial charge in [-0.2, -0.15) is 5.26 Å². The highest BCUT2D eigenvalue weighted by atomic mass is 79.9. The Morgan fingerprint density at radius 1 is 1.62 bits per heavy atom. The van der Waals surface area contributed by atoms with Gasteiger partial charge in [-0.05, 0) is 18.2 Å². The van der Waals surface area contributed by atoms with Gasteiger partial charge in [0.25, 0.3) is 0 Å². The van der Waals surface area contributed by atoms with Gasteiger partial charge in [-0.3, -0.25) is 5.32 Å². The third-order valence-corrected chi connectivity index (χ3v) is 1.73. The van der Waals surface area contributed by atoms with Crippen LogP contribution in [0.3, 0.4) is 0 Å². The van der Waals surface area contributed by atoms with Gasteiger partial charge in [0, 0.05) is 4.47 Å². The Balaban J connectivity index is 2.86. The lowest BCUT2D eigenvalue weighted by Gasteiger charge is -1.96. The molecule has 0 spiro atoms. The van der Waals surface area contributed by atoms with Crippen molar-refractivity contribution in [3.8, 4) is 6.19 Å². The van der Waals surface area contributed by atoms with Crippen molar-refractivity contribution in [3.63, 3.8) is 0 Å². The number of nitriles is 1. The van der Waals surface area contributed by atoms with E-state index in [-0.39, 0.29) is 5.96 Å². The lowest BCUT2D eigenvalue weighted by molar-refractivity contribution is 1.22. The number of nitrogens with two attached hydrogens (primary N) is 1. The van der Waals surface area contributed by atoms with Crippen molar-refractivity contribution in [1.82, 2.24) is 5.32 Å². The Labute approximate surface area is 84.2 Å². The van der Waals surface area contributed by atoms with Crippen LogP contribution in [-0.2, 0) is 0 Å². The van der Waals surface area contributed by atoms with Crippen LogP contribution in [0.4, 0.5) is 5.69 Å². The first-order valence-electron chi connectivity index (χ1n) is 3.47. The number of guanidine groups is 1. The van der Waals surface area contributed by atoms with Crippen LogP contribution < -0.4 is 11.1 Å². The minimum Gasteiger partial charge on any atom is -0.369 e. The Bertz CT molecular complexity index is 367. The van der Waals surface area contributed by atoms with Gasteiger partial charge >= 0.3 is 0 Å². The van der Waals surface area contributed by atoms with E-state index in [1.165, 1.54) is 0 Å². The van der Waals surface area contributed by atoms with Gasteiger partial charge in [-0.1, -0.05) is 22.0 Å². The summed E-state index contributed by atoms with van der Waals surface area (Å²) in [7, 11) is 0. The summed E-state index contributed by atoms with van der Waals surface area (Å²) in [6, 6.07) is 7.30. The quantitative estimate of drug-likeness (QED) is 0.337. The summed E-state index contributed by atoms with van der Waals surface area (Å²) in [5, 5.41) is 10.5. The molecular weight excluding hydrogens is 232 g/mol. The summed E-state index contributed by atoms with van der Waals surface area (Å²) in [5.74, 6) is 0.0839. The topological polar surface area (TPSA) is 74.2 Å². The van der Waals surface area contributed by atoms with Crippen LogP contribution in [0.15, 0.2) is 33.7 Å². The standard InChI is InChI=1S/C8H7BrN4/c9-6-2-1-3-7(4-6)13-8(11)12-5-10/h1-4H,(H3,11,12,13). The molecule has 0 saturated heterocycles. The molecule has 0 atom stereocenters. The second-order valence-corrected chi connectivity index (χ2v) is 3.13. The van der Waals surface area contributed by atoms with Gasteiger partial charge in [0.2, 0.25) is 5.96 Å². The third-order valence-electron chi connectivity index (χ3n) is 1.24. The molecule has 0 fully saturated rings. The summed E-state index contributed by atoms with van der Waals surface area (Å²) in [6.45, 7) is 0.